The largest absolute Gasteiger partial charge is 0.355 e. The maximum Gasteiger partial charge on any atom is 0.181 e. The number of pyridine rings is 1. The first-order valence-electron chi connectivity index (χ1n) is 3.91. The van der Waals surface area contributed by atoms with Gasteiger partial charge in [-0.2, -0.15) is 0 Å². The molecule has 0 saturated carbocycles. The normalized spacial score (nSPS) is 11.8. The van der Waals surface area contributed by atoms with E-state index in [2.05, 4.69) is 15.7 Å². The molecule has 4 nitrogen and oxygen atoms in total. The monoisotopic (exact) mass is 196 g/mol. The van der Waals surface area contributed by atoms with E-state index in [4.69, 9.17) is 18.1 Å². The van der Waals surface area contributed by atoms with Crippen LogP contribution in [0.4, 0.5) is 0 Å². The molecule has 1 aromatic rings. The van der Waals surface area contributed by atoms with Crippen molar-refractivity contribution in [2.24, 2.45) is 5.84 Å². The Labute approximate surface area is 82.5 Å². The molecular weight excluding hydrogens is 184 g/mol. The molecule has 0 fully saturated rings. The van der Waals surface area contributed by atoms with Crippen LogP contribution in [-0.2, 0) is 0 Å². The van der Waals surface area contributed by atoms with Gasteiger partial charge >= 0.3 is 0 Å². The summed E-state index contributed by atoms with van der Waals surface area (Å²) in [6.45, 7) is 2.00. The Hall–Kier alpha value is -1.20. The van der Waals surface area contributed by atoms with Crippen LogP contribution in [0.2, 0.25) is 0 Å². The lowest BCUT2D eigenvalue weighted by molar-refractivity contribution is 0.702. The van der Waals surface area contributed by atoms with Gasteiger partial charge in [0.25, 0.3) is 0 Å². The molecule has 0 spiro atoms. The van der Waals surface area contributed by atoms with Crippen LogP contribution in [0.1, 0.15) is 18.5 Å². The van der Waals surface area contributed by atoms with Gasteiger partial charge in [-0.3, -0.25) is 4.98 Å². The molecule has 0 aliphatic carbocycles. The topological polar surface area (TPSA) is 63.0 Å². The lowest BCUT2D eigenvalue weighted by atomic mass is 10.1. The van der Waals surface area contributed by atoms with E-state index < -0.39 is 0 Å². The minimum absolute atomic E-state index is 0.131. The highest BCUT2D eigenvalue weighted by atomic mass is 32.1. The van der Waals surface area contributed by atoms with Gasteiger partial charge < -0.3 is 10.7 Å². The van der Waals surface area contributed by atoms with Gasteiger partial charge in [0.1, 0.15) is 0 Å². The zero-order chi connectivity index (χ0) is 9.68. The molecule has 1 aromatic heterocycles. The first kappa shape index (κ1) is 9.88. The third-order valence-electron chi connectivity index (χ3n) is 1.68. The predicted molar refractivity (Wildman–Crippen MR) is 55.7 cm³/mol. The predicted octanol–water partition coefficient (Wildman–Crippen LogP) is 0.480. The summed E-state index contributed by atoms with van der Waals surface area (Å²) in [5.74, 6) is 5.13. The van der Waals surface area contributed by atoms with E-state index in [-0.39, 0.29) is 6.04 Å². The minimum Gasteiger partial charge on any atom is -0.355 e. The van der Waals surface area contributed by atoms with E-state index in [1.165, 1.54) is 0 Å². The van der Waals surface area contributed by atoms with Gasteiger partial charge in [0, 0.05) is 12.4 Å². The van der Waals surface area contributed by atoms with Crippen LogP contribution >= 0.6 is 12.2 Å². The molecule has 0 aromatic carbocycles. The molecule has 0 saturated heterocycles. The number of aromatic nitrogens is 1. The molecule has 1 unspecified atom stereocenters. The van der Waals surface area contributed by atoms with E-state index in [1.807, 2.05) is 19.1 Å². The number of hydrogen-bond donors (Lipinski definition) is 3. The molecule has 4 N–H and O–H groups in total. The summed E-state index contributed by atoms with van der Waals surface area (Å²) in [7, 11) is 0. The van der Waals surface area contributed by atoms with Crippen LogP contribution in [-0.4, -0.2) is 10.1 Å². The van der Waals surface area contributed by atoms with Gasteiger partial charge in [-0.05, 0) is 36.8 Å². The number of nitrogens with zero attached hydrogens (tertiary/aromatic N) is 1. The summed E-state index contributed by atoms with van der Waals surface area (Å²) < 4.78 is 0. The van der Waals surface area contributed by atoms with Crippen LogP contribution in [0.25, 0.3) is 0 Å². The van der Waals surface area contributed by atoms with E-state index in [0.29, 0.717) is 5.11 Å². The fourth-order valence-corrected chi connectivity index (χ4v) is 1.15. The van der Waals surface area contributed by atoms with Crippen molar-refractivity contribution < 1.29 is 0 Å². The Morgan fingerprint density at radius 2 is 2.15 bits per heavy atom. The van der Waals surface area contributed by atoms with Gasteiger partial charge in [0.15, 0.2) is 5.11 Å². The number of hydrogen-bond acceptors (Lipinski definition) is 3. The average Bonchev–Trinajstić information content (AvgIpc) is 2.19. The maximum absolute atomic E-state index is 5.13. The summed E-state index contributed by atoms with van der Waals surface area (Å²) in [5, 5.41) is 3.45. The highest BCUT2D eigenvalue weighted by Gasteiger charge is 2.04. The van der Waals surface area contributed by atoms with Crippen LogP contribution in [0.3, 0.4) is 0 Å². The van der Waals surface area contributed by atoms with E-state index in [9.17, 15) is 0 Å². The fourth-order valence-electron chi connectivity index (χ4n) is 0.974. The molecule has 13 heavy (non-hydrogen) atoms. The van der Waals surface area contributed by atoms with Gasteiger partial charge in [0.2, 0.25) is 0 Å². The summed E-state index contributed by atoms with van der Waals surface area (Å²) >= 11 is 4.87. The molecule has 0 radical (unpaired) electrons. The zero-order valence-electron chi connectivity index (χ0n) is 7.32. The molecule has 1 rings (SSSR count). The van der Waals surface area contributed by atoms with Crippen molar-refractivity contribution in [3.63, 3.8) is 0 Å². The Bertz CT molecular complexity index is 275. The molecule has 5 heteroatoms. The van der Waals surface area contributed by atoms with Crippen molar-refractivity contribution >= 4 is 17.3 Å². The molecule has 1 heterocycles. The van der Waals surface area contributed by atoms with Crippen molar-refractivity contribution in [3.05, 3.63) is 30.1 Å². The standard InChI is InChI=1S/C8H12N4S/c1-6(11-8(13)12-9)7-2-4-10-5-3-7/h2-6H,9H2,1H3,(H2,11,12,13). The minimum atomic E-state index is 0.131. The maximum atomic E-state index is 5.13. The second-order valence-electron chi connectivity index (χ2n) is 2.62. The number of rotatable bonds is 2. The van der Waals surface area contributed by atoms with Gasteiger partial charge in [-0.15, -0.1) is 0 Å². The van der Waals surface area contributed by atoms with Crippen molar-refractivity contribution in [2.45, 2.75) is 13.0 Å². The third-order valence-corrected chi connectivity index (χ3v) is 1.92. The van der Waals surface area contributed by atoms with Crippen molar-refractivity contribution in [2.75, 3.05) is 0 Å². The molecule has 1 atom stereocenters. The van der Waals surface area contributed by atoms with Gasteiger partial charge in [-0.25, -0.2) is 5.84 Å². The molecule has 0 aliphatic heterocycles. The molecule has 70 valence electrons. The van der Waals surface area contributed by atoms with Gasteiger partial charge in [0.05, 0.1) is 6.04 Å². The number of nitrogens with one attached hydrogen (secondary N) is 2. The second kappa shape index (κ2) is 4.74. The first-order valence-corrected chi connectivity index (χ1v) is 4.32. The molecule has 0 aliphatic rings. The Balaban J connectivity index is 2.59. The summed E-state index contributed by atoms with van der Waals surface area (Å²) in [6, 6.07) is 3.99. The van der Waals surface area contributed by atoms with Gasteiger partial charge in [-0.1, -0.05) is 0 Å². The number of hydrazine groups is 1. The first-order chi connectivity index (χ1) is 6.24. The van der Waals surface area contributed by atoms with Crippen molar-refractivity contribution in [3.8, 4) is 0 Å². The highest BCUT2D eigenvalue weighted by Crippen LogP contribution is 2.09. The highest BCUT2D eigenvalue weighted by molar-refractivity contribution is 7.80. The Kier molecular flexibility index (Phi) is 3.60. The summed E-state index contributed by atoms with van der Waals surface area (Å²) in [4.78, 5) is 3.93. The third kappa shape index (κ3) is 2.96. The number of nitrogens with two attached hydrogens (primary N) is 1. The molecule has 0 bridgehead atoms. The van der Waals surface area contributed by atoms with Crippen LogP contribution in [0.5, 0.6) is 0 Å². The zero-order valence-corrected chi connectivity index (χ0v) is 8.14. The van der Waals surface area contributed by atoms with E-state index in [1.54, 1.807) is 12.4 Å². The van der Waals surface area contributed by atoms with Crippen LogP contribution < -0.4 is 16.6 Å². The smallest absolute Gasteiger partial charge is 0.181 e. The lowest BCUT2D eigenvalue weighted by Gasteiger charge is -2.14. The van der Waals surface area contributed by atoms with E-state index in [0.717, 1.165) is 5.56 Å². The van der Waals surface area contributed by atoms with Crippen molar-refractivity contribution in [1.29, 1.82) is 0 Å². The number of thiocarbonyl (C=S) groups is 1. The fraction of sp³-hybridized carbons (Fsp3) is 0.250. The quantitative estimate of drug-likeness (QED) is 0.365. The molecular formula is C8H12N4S. The van der Waals surface area contributed by atoms with Crippen molar-refractivity contribution in [1.82, 2.24) is 15.7 Å². The van der Waals surface area contributed by atoms with Crippen LogP contribution in [0.15, 0.2) is 24.5 Å². The summed E-state index contributed by atoms with van der Waals surface area (Å²) in [5.41, 5.74) is 3.49. The lowest BCUT2D eigenvalue weighted by Crippen LogP contribution is -2.40. The Morgan fingerprint density at radius 1 is 1.54 bits per heavy atom. The molecule has 0 amide bonds. The summed E-state index contributed by atoms with van der Waals surface area (Å²) in [6.07, 6.45) is 3.48. The SMILES string of the molecule is CC(NC(=S)NN)c1ccncc1. The Morgan fingerprint density at radius 3 is 2.69 bits per heavy atom. The van der Waals surface area contributed by atoms with E-state index >= 15 is 0 Å². The average molecular weight is 196 g/mol. The van der Waals surface area contributed by atoms with Crippen LogP contribution in [0, 0.1) is 0 Å². The second-order valence-corrected chi connectivity index (χ2v) is 3.03.